The van der Waals surface area contributed by atoms with Gasteiger partial charge in [-0.15, -0.1) is 0 Å². The average Bonchev–Trinajstić information content (AvgIpc) is 1.83. The van der Waals surface area contributed by atoms with Crippen LogP contribution < -0.4 is 0 Å². The van der Waals surface area contributed by atoms with Gasteiger partial charge in [-0.1, -0.05) is 12.2 Å². The Hall–Kier alpha value is -0.340. The first-order valence-electron chi connectivity index (χ1n) is 4.48. The Kier molecular flexibility index (Phi) is 2.59. The Morgan fingerprint density at radius 1 is 1.58 bits per heavy atom. The van der Waals surface area contributed by atoms with Crippen LogP contribution in [0.4, 0.5) is 0 Å². The van der Waals surface area contributed by atoms with Crippen LogP contribution >= 0.6 is 0 Å². The lowest BCUT2D eigenvalue weighted by Crippen LogP contribution is -2.40. The summed E-state index contributed by atoms with van der Waals surface area (Å²) in [7, 11) is 0. The summed E-state index contributed by atoms with van der Waals surface area (Å²) in [6, 6.07) is 0. The molecular weight excluding hydrogens is 152 g/mol. The van der Waals surface area contributed by atoms with Crippen LogP contribution in [0.1, 0.15) is 33.1 Å². The Morgan fingerprint density at radius 3 is 2.58 bits per heavy atom. The van der Waals surface area contributed by atoms with E-state index in [0.29, 0.717) is 6.42 Å². The Balaban J connectivity index is 2.60. The summed E-state index contributed by atoms with van der Waals surface area (Å²) in [5, 5.41) is 19.3. The standard InChI is InChI=1S/C10H18O2/c1-7(2)8-4-5-10(3,12)6-9(8)11/h8-9,11-12H,1,4-6H2,2-3H3. The highest BCUT2D eigenvalue weighted by Gasteiger charge is 2.35. The fraction of sp³-hybridized carbons (Fsp3) is 0.800. The average molecular weight is 170 g/mol. The second-order valence-electron chi connectivity index (χ2n) is 4.26. The van der Waals surface area contributed by atoms with Crippen LogP contribution in [0, 0.1) is 5.92 Å². The first-order valence-corrected chi connectivity index (χ1v) is 4.48. The monoisotopic (exact) mass is 170 g/mol. The van der Waals surface area contributed by atoms with E-state index < -0.39 is 11.7 Å². The van der Waals surface area contributed by atoms with Crippen molar-refractivity contribution in [3.8, 4) is 0 Å². The molecule has 3 atom stereocenters. The molecule has 0 aromatic rings. The number of rotatable bonds is 1. The van der Waals surface area contributed by atoms with Crippen LogP contribution in [0.5, 0.6) is 0 Å². The molecule has 0 spiro atoms. The Morgan fingerprint density at radius 2 is 2.17 bits per heavy atom. The summed E-state index contributed by atoms with van der Waals surface area (Å²) in [5.41, 5.74) is 0.351. The van der Waals surface area contributed by atoms with Gasteiger partial charge < -0.3 is 10.2 Å². The zero-order chi connectivity index (χ0) is 9.35. The molecule has 70 valence electrons. The maximum absolute atomic E-state index is 9.65. The first-order chi connectivity index (χ1) is 5.42. The third-order valence-corrected chi connectivity index (χ3v) is 2.74. The van der Waals surface area contributed by atoms with Gasteiger partial charge in [0, 0.05) is 12.3 Å². The fourth-order valence-corrected chi connectivity index (χ4v) is 1.93. The van der Waals surface area contributed by atoms with Gasteiger partial charge in [0.15, 0.2) is 0 Å². The van der Waals surface area contributed by atoms with Crippen molar-refractivity contribution in [1.82, 2.24) is 0 Å². The van der Waals surface area contributed by atoms with Gasteiger partial charge >= 0.3 is 0 Å². The molecule has 12 heavy (non-hydrogen) atoms. The quantitative estimate of drug-likeness (QED) is 0.585. The van der Waals surface area contributed by atoms with Crippen LogP contribution in [-0.2, 0) is 0 Å². The van der Waals surface area contributed by atoms with Gasteiger partial charge in [-0.25, -0.2) is 0 Å². The zero-order valence-corrected chi connectivity index (χ0v) is 7.88. The van der Waals surface area contributed by atoms with Crippen molar-refractivity contribution in [3.05, 3.63) is 12.2 Å². The Labute approximate surface area is 73.9 Å². The lowest BCUT2D eigenvalue weighted by Gasteiger charge is -2.37. The van der Waals surface area contributed by atoms with E-state index in [0.717, 1.165) is 18.4 Å². The number of aliphatic hydroxyl groups excluding tert-OH is 1. The van der Waals surface area contributed by atoms with E-state index in [1.165, 1.54) is 0 Å². The summed E-state index contributed by atoms with van der Waals surface area (Å²) in [5.74, 6) is 0.185. The SMILES string of the molecule is C=C(C)C1CCC(C)(O)CC1O. The van der Waals surface area contributed by atoms with Crippen LogP contribution in [0.15, 0.2) is 12.2 Å². The molecule has 0 aromatic heterocycles. The predicted octanol–water partition coefficient (Wildman–Crippen LogP) is 1.47. The van der Waals surface area contributed by atoms with Gasteiger partial charge in [-0.05, 0) is 26.7 Å². The molecule has 0 radical (unpaired) electrons. The molecule has 1 saturated carbocycles. The molecule has 3 unspecified atom stereocenters. The van der Waals surface area contributed by atoms with E-state index in [1.54, 1.807) is 6.92 Å². The molecule has 2 nitrogen and oxygen atoms in total. The van der Waals surface area contributed by atoms with E-state index in [2.05, 4.69) is 6.58 Å². The summed E-state index contributed by atoms with van der Waals surface area (Å²) < 4.78 is 0. The van der Waals surface area contributed by atoms with Gasteiger partial charge in [0.25, 0.3) is 0 Å². The molecule has 1 aliphatic carbocycles. The van der Waals surface area contributed by atoms with Gasteiger partial charge in [0.1, 0.15) is 0 Å². The zero-order valence-electron chi connectivity index (χ0n) is 7.88. The normalized spacial score (nSPS) is 42.7. The minimum absolute atomic E-state index is 0.185. The van der Waals surface area contributed by atoms with E-state index in [-0.39, 0.29) is 5.92 Å². The van der Waals surface area contributed by atoms with E-state index in [4.69, 9.17) is 0 Å². The van der Waals surface area contributed by atoms with Crippen molar-refractivity contribution in [2.75, 3.05) is 0 Å². The minimum Gasteiger partial charge on any atom is -0.392 e. The third kappa shape index (κ3) is 2.08. The van der Waals surface area contributed by atoms with Crippen LogP contribution in [-0.4, -0.2) is 21.9 Å². The second kappa shape index (κ2) is 3.19. The topological polar surface area (TPSA) is 40.5 Å². The molecule has 2 N–H and O–H groups in total. The number of aliphatic hydroxyl groups is 2. The van der Waals surface area contributed by atoms with E-state index >= 15 is 0 Å². The smallest absolute Gasteiger partial charge is 0.0644 e. The highest BCUT2D eigenvalue weighted by Crippen LogP contribution is 2.34. The van der Waals surface area contributed by atoms with Gasteiger partial charge in [-0.2, -0.15) is 0 Å². The van der Waals surface area contributed by atoms with Crippen molar-refractivity contribution in [1.29, 1.82) is 0 Å². The third-order valence-electron chi connectivity index (χ3n) is 2.74. The lowest BCUT2D eigenvalue weighted by atomic mass is 9.75. The molecular formula is C10H18O2. The second-order valence-corrected chi connectivity index (χ2v) is 4.26. The van der Waals surface area contributed by atoms with Crippen molar-refractivity contribution in [2.24, 2.45) is 5.92 Å². The molecule has 2 heteroatoms. The summed E-state index contributed by atoms with van der Waals surface area (Å²) >= 11 is 0. The van der Waals surface area contributed by atoms with Crippen LogP contribution in [0.3, 0.4) is 0 Å². The summed E-state index contributed by atoms with van der Waals surface area (Å²) in [6.07, 6.45) is 1.68. The van der Waals surface area contributed by atoms with Crippen molar-refractivity contribution >= 4 is 0 Å². The van der Waals surface area contributed by atoms with E-state index in [1.807, 2.05) is 6.92 Å². The fourth-order valence-electron chi connectivity index (χ4n) is 1.93. The maximum atomic E-state index is 9.65. The Bertz CT molecular complexity index is 184. The molecule has 1 fully saturated rings. The molecule has 1 aliphatic rings. The number of hydrogen-bond acceptors (Lipinski definition) is 2. The van der Waals surface area contributed by atoms with Gasteiger partial charge in [0.2, 0.25) is 0 Å². The molecule has 0 heterocycles. The lowest BCUT2D eigenvalue weighted by molar-refractivity contribution is -0.0503. The molecule has 0 bridgehead atoms. The molecule has 1 rings (SSSR count). The summed E-state index contributed by atoms with van der Waals surface area (Å²) in [4.78, 5) is 0. The molecule has 0 aliphatic heterocycles. The summed E-state index contributed by atoms with van der Waals surface area (Å²) in [6.45, 7) is 7.56. The van der Waals surface area contributed by atoms with Gasteiger partial charge in [0.05, 0.1) is 11.7 Å². The number of hydrogen-bond donors (Lipinski definition) is 2. The minimum atomic E-state index is -0.675. The van der Waals surface area contributed by atoms with Crippen LogP contribution in [0.2, 0.25) is 0 Å². The van der Waals surface area contributed by atoms with Gasteiger partial charge in [-0.3, -0.25) is 0 Å². The predicted molar refractivity (Wildman–Crippen MR) is 48.8 cm³/mol. The molecule has 0 saturated heterocycles. The van der Waals surface area contributed by atoms with Crippen molar-refractivity contribution < 1.29 is 10.2 Å². The van der Waals surface area contributed by atoms with Crippen molar-refractivity contribution in [3.63, 3.8) is 0 Å². The van der Waals surface area contributed by atoms with Crippen molar-refractivity contribution in [2.45, 2.75) is 44.8 Å². The molecule has 0 amide bonds. The van der Waals surface area contributed by atoms with E-state index in [9.17, 15) is 10.2 Å². The largest absolute Gasteiger partial charge is 0.392 e. The highest BCUT2D eigenvalue weighted by atomic mass is 16.3. The first kappa shape index (κ1) is 9.75. The highest BCUT2D eigenvalue weighted by molar-refractivity contribution is 5.03. The maximum Gasteiger partial charge on any atom is 0.0644 e. The van der Waals surface area contributed by atoms with Crippen LogP contribution in [0.25, 0.3) is 0 Å². The molecule has 0 aromatic carbocycles.